The number of hydrogen-bond donors (Lipinski definition) is 1. The van der Waals surface area contributed by atoms with E-state index in [1.807, 2.05) is 7.05 Å². The van der Waals surface area contributed by atoms with Gasteiger partial charge in [0.15, 0.2) is 10.1 Å². The van der Waals surface area contributed by atoms with Gasteiger partial charge in [0.1, 0.15) is 28.5 Å². The van der Waals surface area contributed by atoms with Crippen molar-refractivity contribution in [3.63, 3.8) is 0 Å². The minimum Gasteiger partial charge on any atom is -0.741 e. The second kappa shape index (κ2) is 13.8. The summed E-state index contributed by atoms with van der Waals surface area (Å²) in [5, 5.41) is 8.97. The monoisotopic (exact) mass is 619 g/mol. The number of halogens is 3. The van der Waals surface area contributed by atoms with Gasteiger partial charge in [-0.1, -0.05) is 115 Å². The molecular weight excluding hydrogens is 590 g/mol. The first kappa shape index (κ1) is 31.7. The van der Waals surface area contributed by atoms with Crippen LogP contribution in [-0.4, -0.2) is 25.5 Å². The predicted molar refractivity (Wildman–Crippen MR) is 170 cm³/mol. The first-order valence-electron chi connectivity index (χ1n) is 13.2. The van der Waals surface area contributed by atoms with Crippen LogP contribution in [0.3, 0.4) is 0 Å². The fourth-order valence-electron chi connectivity index (χ4n) is 4.90. The molecule has 0 spiro atoms. The van der Waals surface area contributed by atoms with Crippen LogP contribution in [0.2, 0.25) is 0 Å². The maximum Gasteiger partial charge on any atom is 0.485 e. The Morgan fingerprint density at radius 2 is 0.860 bits per heavy atom. The second-order valence-electron chi connectivity index (χ2n) is 9.28. The molecule has 0 aliphatic heterocycles. The standard InChI is InChI=1S/C33H29NP.CHF3O3S/c1-34-32(27-17-7-2-8-18-27)33(28-19-9-3-10-20-28)35(29-21-11-4-12-22-29,30-23-13-5-14-24-30)31-25-15-6-16-26-31;2-1(3,4)8(5,6)7/h2-26,34H,1H3;(H,5,6,7)/q+1;/p-1/b33-32+;. The van der Waals surface area contributed by atoms with Gasteiger partial charge in [-0.2, -0.15) is 13.2 Å². The smallest absolute Gasteiger partial charge is 0.485 e. The maximum atomic E-state index is 10.7. The second-order valence-corrected chi connectivity index (χ2v) is 14.0. The molecule has 43 heavy (non-hydrogen) atoms. The van der Waals surface area contributed by atoms with Crippen LogP contribution in [0, 0.1) is 0 Å². The summed E-state index contributed by atoms with van der Waals surface area (Å²) in [6.07, 6.45) is 0. The molecule has 0 fully saturated rings. The lowest BCUT2D eigenvalue weighted by molar-refractivity contribution is -0.0517. The molecule has 5 rings (SSSR count). The maximum absolute atomic E-state index is 10.7. The molecule has 0 saturated carbocycles. The van der Waals surface area contributed by atoms with Crippen molar-refractivity contribution in [2.75, 3.05) is 7.05 Å². The van der Waals surface area contributed by atoms with Crippen LogP contribution < -0.4 is 21.2 Å². The molecule has 9 heteroatoms. The van der Waals surface area contributed by atoms with Gasteiger partial charge in [0, 0.05) is 18.2 Å². The molecule has 0 bridgehead atoms. The van der Waals surface area contributed by atoms with Gasteiger partial charge in [0.05, 0.1) is 5.70 Å². The van der Waals surface area contributed by atoms with Crippen LogP contribution >= 0.6 is 7.26 Å². The van der Waals surface area contributed by atoms with E-state index >= 15 is 0 Å². The van der Waals surface area contributed by atoms with Crippen molar-refractivity contribution in [3.05, 3.63) is 163 Å². The molecular formula is C34H29F3NO3PS. The van der Waals surface area contributed by atoms with Crippen LogP contribution in [0.15, 0.2) is 152 Å². The molecule has 0 unspecified atom stereocenters. The summed E-state index contributed by atoms with van der Waals surface area (Å²) in [6.45, 7) is 0. The topological polar surface area (TPSA) is 69.2 Å². The van der Waals surface area contributed by atoms with Gasteiger partial charge >= 0.3 is 5.51 Å². The van der Waals surface area contributed by atoms with E-state index in [4.69, 9.17) is 13.0 Å². The minimum absolute atomic E-state index is 1.15. The van der Waals surface area contributed by atoms with Crippen LogP contribution in [0.1, 0.15) is 11.1 Å². The fraction of sp³-hybridized carbons (Fsp3) is 0.0588. The predicted octanol–water partition coefficient (Wildman–Crippen LogP) is 6.78. The molecule has 0 heterocycles. The lowest BCUT2D eigenvalue weighted by Gasteiger charge is -2.31. The van der Waals surface area contributed by atoms with Gasteiger partial charge in [-0.3, -0.25) is 0 Å². The number of rotatable bonds is 7. The molecule has 5 aromatic rings. The van der Waals surface area contributed by atoms with Gasteiger partial charge < -0.3 is 9.87 Å². The number of nitrogens with one attached hydrogen (secondary N) is 1. The van der Waals surface area contributed by atoms with Crippen LogP contribution in [0.5, 0.6) is 0 Å². The molecule has 5 aromatic carbocycles. The molecule has 0 aromatic heterocycles. The van der Waals surface area contributed by atoms with Crippen molar-refractivity contribution in [1.29, 1.82) is 0 Å². The van der Waals surface area contributed by atoms with Crippen molar-refractivity contribution in [2.24, 2.45) is 0 Å². The molecule has 0 aliphatic rings. The van der Waals surface area contributed by atoms with E-state index < -0.39 is 22.9 Å². The summed E-state index contributed by atoms with van der Waals surface area (Å²) in [4.78, 5) is 0. The van der Waals surface area contributed by atoms with Gasteiger partial charge in [0.25, 0.3) is 0 Å². The van der Waals surface area contributed by atoms with E-state index in [0.29, 0.717) is 0 Å². The Kier molecular flexibility index (Phi) is 10.2. The van der Waals surface area contributed by atoms with Crippen LogP contribution in [0.4, 0.5) is 13.2 Å². The summed E-state index contributed by atoms with van der Waals surface area (Å²) in [7, 11) is -6.35. The van der Waals surface area contributed by atoms with Crippen molar-refractivity contribution in [2.45, 2.75) is 5.51 Å². The molecule has 4 nitrogen and oxygen atoms in total. The van der Waals surface area contributed by atoms with Crippen molar-refractivity contribution in [1.82, 2.24) is 5.32 Å². The summed E-state index contributed by atoms with van der Waals surface area (Å²) < 4.78 is 58.9. The average molecular weight is 620 g/mol. The van der Waals surface area contributed by atoms with Crippen molar-refractivity contribution >= 4 is 44.3 Å². The van der Waals surface area contributed by atoms with Crippen molar-refractivity contribution in [3.8, 4) is 0 Å². The molecule has 0 saturated heterocycles. The van der Waals surface area contributed by atoms with E-state index in [1.54, 1.807) is 0 Å². The highest BCUT2D eigenvalue weighted by Gasteiger charge is 2.51. The zero-order valence-electron chi connectivity index (χ0n) is 23.1. The summed E-state index contributed by atoms with van der Waals surface area (Å²) in [6, 6.07) is 54.7. The molecule has 0 atom stereocenters. The van der Waals surface area contributed by atoms with E-state index in [2.05, 4.69) is 157 Å². The van der Waals surface area contributed by atoms with Gasteiger partial charge in [-0.25, -0.2) is 8.42 Å². The summed E-state index contributed by atoms with van der Waals surface area (Å²) >= 11 is 0. The minimum atomic E-state index is -6.09. The first-order valence-corrected chi connectivity index (χ1v) is 16.4. The molecule has 0 amide bonds. The highest BCUT2D eigenvalue weighted by molar-refractivity contribution is 8.03. The zero-order chi connectivity index (χ0) is 30.9. The molecule has 1 N–H and O–H groups in total. The highest BCUT2D eigenvalue weighted by Crippen LogP contribution is 2.67. The van der Waals surface area contributed by atoms with Gasteiger partial charge in [0.2, 0.25) is 0 Å². The Labute approximate surface area is 250 Å². The van der Waals surface area contributed by atoms with Gasteiger partial charge in [-0.05, 0) is 36.4 Å². The Hall–Kier alpha value is -4.23. The first-order chi connectivity index (χ1) is 20.6. The lowest BCUT2D eigenvalue weighted by atomic mass is 10.1. The Bertz CT molecular complexity index is 1640. The number of alkyl halides is 3. The quantitative estimate of drug-likeness (QED) is 0.0945. The third-order valence-corrected chi connectivity index (χ3v) is 11.6. The summed E-state index contributed by atoms with van der Waals surface area (Å²) in [5.74, 6) is 0. The van der Waals surface area contributed by atoms with Gasteiger partial charge in [-0.15, -0.1) is 0 Å². The third-order valence-electron chi connectivity index (χ3n) is 6.65. The largest absolute Gasteiger partial charge is 0.741 e. The normalized spacial score (nSPS) is 12.4. The average Bonchev–Trinajstić information content (AvgIpc) is 3.03. The molecule has 0 aliphatic carbocycles. The zero-order valence-corrected chi connectivity index (χ0v) is 24.9. The SMILES string of the molecule is CN/C(=C(\c1ccccc1)[P+](c1ccccc1)(c1ccccc1)c1ccccc1)c1ccccc1.O=S(=O)([O-])C(F)(F)F. The Morgan fingerprint density at radius 3 is 1.14 bits per heavy atom. The fourth-order valence-corrected chi connectivity index (χ4v) is 9.54. The van der Waals surface area contributed by atoms with E-state index in [0.717, 1.165) is 5.70 Å². The van der Waals surface area contributed by atoms with E-state index in [1.165, 1.54) is 32.4 Å². The number of benzene rings is 5. The van der Waals surface area contributed by atoms with E-state index in [9.17, 15) is 13.2 Å². The van der Waals surface area contributed by atoms with E-state index in [-0.39, 0.29) is 0 Å². The molecule has 0 radical (unpaired) electrons. The summed E-state index contributed by atoms with van der Waals surface area (Å²) in [5.41, 5.74) is -2.08. The van der Waals surface area contributed by atoms with Crippen LogP contribution in [0.25, 0.3) is 11.0 Å². The Balaban J connectivity index is 0.000000467. The van der Waals surface area contributed by atoms with Crippen molar-refractivity contribution < 1.29 is 26.1 Å². The highest BCUT2D eigenvalue weighted by atomic mass is 32.2. The Morgan fingerprint density at radius 1 is 0.581 bits per heavy atom. The van der Waals surface area contributed by atoms with Crippen LogP contribution in [-0.2, 0) is 10.1 Å². The lowest BCUT2D eigenvalue weighted by Crippen LogP contribution is -2.33. The number of hydrogen-bond acceptors (Lipinski definition) is 4. The molecule has 220 valence electrons. The third kappa shape index (κ3) is 7.05.